The van der Waals surface area contributed by atoms with Gasteiger partial charge in [-0.05, 0) is 40.8 Å². The zero-order valence-corrected chi connectivity index (χ0v) is 12.1. The van der Waals surface area contributed by atoms with Gasteiger partial charge in [0.15, 0.2) is 0 Å². The Labute approximate surface area is 125 Å². The number of pyridine rings is 1. The summed E-state index contributed by atoms with van der Waals surface area (Å²) < 4.78 is 41.1. The van der Waals surface area contributed by atoms with E-state index >= 15 is 0 Å². The zero-order valence-electron chi connectivity index (χ0n) is 9.21. The highest BCUT2D eigenvalue weighted by molar-refractivity contribution is 14.1. The molecule has 0 bridgehead atoms. The van der Waals surface area contributed by atoms with Crippen LogP contribution in [0.2, 0.25) is 5.02 Å². The Bertz CT molecular complexity index is 604. The fraction of sp³-hybridized carbons (Fsp3) is 0.0833. The highest BCUT2D eigenvalue weighted by Crippen LogP contribution is 2.30. The number of benzene rings is 1. The van der Waals surface area contributed by atoms with E-state index in [-0.39, 0.29) is 5.75 Å². The molecule has 0 aliphatic heterocycles. The van der Waals surface area contributed by atoms with Crippen LogP contribution in [0.3, 0.4) is 0 Å². The van der Waals surface area contributed by atoms with Gasteiger partial charge in [-0.2, -0.15) is 0 Å². The van der Waals surface area contributed by atoms with Gasteiger partial charge in [-0.25, -0.2) is 0 Å². The van der Waals surface area contributed by atoms with Crippen molar-refractivity contribution in [1.29, 1.82) is 0 Å². The third kappa shape index (κ3) is 3.97. The lowest BCUT2D eigenvalue weighted by atomic mass is 10.1. The molecule has 0 aliphatic carbocycles. The summed E-state index contributed by atoms with van der Waals surface area (Å²) in [5.41, 5.74) is 1.08. The van der Waals surface area contributed by atoms with Gasteiger partial charge in [-0.1, -0.05) is 23.7 Å². The van der Waals surface area contributed by atoms with Crippen molar-refractivity contribution in [2.24, 2.45) is 0 Å². The van der Waals surface area contributed by atoms with E-state index in [1.807, 2.05) is 22.6 Å². The molecule has 0 saturated carbocycles. The molecule has 1 aromatic carbocycles. The summed E-state index contributed by atoms with van der Waals surface area (Å²) in [7, 11) is 0. The highest BCUT2D eigenvalue weighted by atomic mass is 127. The lowest BCUT2D eigenvalue weighted by Gasteiger charge is -2.10. The van der Waals surface area contributed by atoms with Crippen molar-refractivity contribution in [3.05, 3.63) is 45.1 Å². The van der Waals surface area contributed by atoms with Gasteiger partial charge < -0.3 is 4.74 Å². The third-order valence-corrected chi connectivity index (χ3v) is 3.18. The first-order chi connectivity index (χ1) is 8.85. The number of nitrogens with zero attached hydrogens (tertiary/aromatic N) is 1. The second-order valence-electron chi connectivity index (χ2n) is 3.56. The largest absolute Gasteiger partial charge is 0.573 e. The van der Waals surface area contributed by atoms with Gasteiger partial charge in [0.05, 0.1) is 10.7 Å². The number of alkyl halides is 3. The molecule has 0 atom stereocenters. The molecule has 0 amide bonds. The zero-order chi connectivity index (χ0) is 14.0. The number of ether oxygens (including phenoxy) is 1. The van der Waals surface area contributed by atoms with Crippen LogP contribution in [0.1, 0.15) is 0 Å². The fourth-order valence-corrected chi connectivity index (χ4v) is 2.60. The van der Waals surface area contributed by atoms with E-state index in [1.165, 1.54) is 24.4 Å². The van der Waals surface area contributed by atoms with Crippen LogP contribution in [0.25, 0.3) is 11.3 Å². The molecular formula is C12H6ClF3INO. The van der Waals surface area contributed by atoms with Crippen LogP contribution in [0.4, 0.5) is 13.2 Å². The molecule has 0 radical (unpaired) electrons. The molecular weight excluding hydrogens is 393 g/mol. The molecule has 100 valence electrons. The van der Waals surface area contributed by atoms with Crippen LogP contribution in [-0.2, 0) is 0 Å². The first-order valence-electron chi connectivity index (χ1n) is 5.02. The van der Waals surface area contributed by atoms with E-state index in [0.29, 0.717) is 16.3 Å². The quantitative estimate of drug-likeness (QED) is 0.670. The van der Waals surface area contributed by atoms with Gasteiger partial charge in [0.1, 0.15) is 5.75 Å². The standard InChI is InChI=1S/C12H6ClF3INO/c13-8-5-10(17)11(18-6-8)7-2-1-3-9(4-7)19-12(14,15)16/h1-6H. The molecule has 7 heteroatoms. The smallest absolute Gasteiger partial charge is 0.406 e. The lowest BCUT2D eigenvalue weighted by Crippen LogP contribution is -2.17. The topological polar surface area (TPSA) is 22.1 Å². The van der Waals surface area contributed by atoms with Crippen LogP contribution in [0.15, 0.2) is 36.5 Å². The predicted octanol–water partition coefficient (Wildman–Crippen LogP) is 4.91. The van der Waals surface area contributed by atoms with Crippen molar-refractivity contribution in [2.45, 2.75) is 6.36 Å². The Kier molecular flexibility index (Phi) is 4.19. The van der Waals surface area contributed by atoms with E-state index in [9.17, 15) is 13.2 Å². The summed E-state index contributed by atoms with van der Waals surface area (Å²) in [5.74, 6) is -0.280. The van der Waals surface area contributed by atoms with Crippen LogP contribution < -0.4 is 4.74 Å². The van der Waals surface area contributed by atoms with Crippen LogP contribution in [0.5, 0.6) is 5.75 Å². The molecule has 1 heterocycles. The highest BCUT2D eigenvalue weighted by Gasteiger charge is 2.31. The first kappa shape index (κ1) is 14.4. The molecule has 0 N–H and O–H groups in total. The Balaban J connectivity index is 2.38. The fourth-order valence-electron chi connectivity index (χ4n) is 1.47. The Morgan fingerprint density at radius 2 is 1.95 bits per heavy atom. The van der Waals surface area contributed by atoms with Crippen LogP contribution in [0, 0.1) is 3.57 Å². The Morgan fingerprint density at radius 3 is 2.58 bits per heavy atom. The third-order valence-electron chi connectivity index (χ3n) is 2.15. The summed E-state index contributed by atoms with van der Waals surface area (Å²) in [5, 5.41) is 0.468. The van der Waals surface area contributed by atoms with Crippen molar-refractivity contribution >= 4 is 34.2 Å². The molecule has 2 nitrogen and oxygen atoms in total. The maximum absolute atomic E-state index is 12.2. The van der Waals surface area contributed by atoms with Gasteiger partial charge in [0.25, 0.3) is 0 Å². The predicted molar refractivity (Wildman–Crippen MR) is 74.1 cm³/mol. The Hall–Kier alpha value is -1.02. The SMILES string of the molecule is FC(F)(F)Oc1cccc(-c2ncc(Cl)cc2I)c1. The average Bonchev–Trinajstić information content (AvgIpc) is 2.26. The number of aromatic nitrogens is 1. The summed E-state index contributed by atoms with van der Waals surface area (Å²) in [4.78, 5) is 4.11. The molecule has 2 rings (SSSR count). The molecule has 19 heavy (non-hydrogen) atoms. The number of hydrogen-bond donors (Lipinski definition) is 0. The van der Waals surface area contributed by atoms with Crippen molar-refractivity contribution in [2.75, 3.05) is 0 Å². The lowest BCUT2D eigenvalue weighted by molar-refractivity contribution is -0.274. The summed E-state index contributed by atoms with van der Waals surface area (Å²) >= 11 is 7.80. The molecule has 1 aromatic heterocycles. The van der Waals surface area contributed by atoms with Gasteiger partial charge in [0, 0.05) is 15.3 Å². The minimum atomic E-state index is -4.71. The van der Waals surface area contributed by atoms with E-state index in [2.05, 4.69) is 9.72 Å². The number of hydrogen-bond acceptors (Lipinski definition) is 2. The Morgan fingerprint density at radius 1 is 1.21 bits per heavy atom. The molecule has 0 fully saturated rings. The van der Waals surface area contributed by atoms with Crippen molar-refractivity contribution in [1.82, 2.24) is 4.98 Å². The monoisotopic (exact) mass is 399 g/mol. The van der Waals surface area contributed by atoms with Crippen LogP contribution >= 0.6 is 34.2 Å². The minimum absolute atomic E-state index is 0.280. The van der Waals surface area contributed by atoms with Gasteiger partial charge in [-0.3, -0.25) is 4.98 Å². The van der Waals surface area contributed by atoms with E-state index in [0.717, 1.165) is 3.57 Å². The maximum Gasteiger partial charge on any atom is 0.573 e. The molecule has 0 spiro atoms. The summed E-state index contributed by atoms with van der Waals surface area (Å²) in [6, 6.07) is 7.33. The molecule has 0 aliphatic rings. The van der Waals surface area contributed by atoms with Gasteiger partial charge in [-0.15, -0.1) is 13.2 Å². The van der Waals surface area contributed by atoms with Crippen molar-refractivity contribution < 1.29 is 17.9 Å². The molecule has 0 unspecified atom stereocenters. The number of halogens is 5. The van der Waals surface area contributed by atoms with E-state index in [4.69, 9.17) is 11.6 Å². The second kappa shape index (κ2) is 5.54. The van der Waals surface area contributed by atoms with E-state index in [1.54, 1.807) is 12.1 Å². The van der Waals surface area contributed by atoms with Gasteiger partial charge in [0.2, 0.25) is 0 Å². The maximum atomic E-state index is 12.2. The normalized spacial score (nSPS) is 11.4. The minimum Gasteiger partial charge on any atom is -0.406 e. The first-order valence-corrected chi connectivity index (χ1v) is 6.48. The second-order valence-corrected chi connectivity index (χ2v) is 5.16. The number of rotatable bonds is 2. The van der Waals surface area contributed by atoms with Gasteiger partial charge >= 0.3 is 6.36 Å². The average molecular weight is 400 g/mol. The molecule has 0 saturated heterocycles. The summed E-state index contributed by atoms with van der Waals surface area (Å²) in [6.45, 7) is 0. The van der Waals surface area contributed by atoms with Crippen molar-refractivity contribution in [3.8, 4) is 17.0 Å². The summed E-state index contributed by atoms with van der Waals surface area (Å²) in [6.07, 6.45) is -3.27. The van der Waals surface area contributed by atoms with Crippen LogP contribution in [-0.4, -0.2) is 11.3 Å². The van der Waals surface area contributed by atoms with Crippen molar-refractivity contribution in [3.63, 3.8) is 0 Å². The van der Waals surface area contributed by atoms with E-state index < -0.39 is 6.36 Å². The molecule has 2 aromatic rings.